The van der Waals surface area contributed by atoms with Crippen molar-refractivity contribution < 1.29 is 18.3 Å². The number of sulfonamides is 1. The minimum atomic E-state index is -3.50. The molecule has 0 aliphatic heterocycles. The fourth-order valence-electron chi connectivity index (χ4n) is 1.14. The first-order valence-corrected chi connectivity index (χ1v) is 7.76. The van der Waals surface area contributed by atoms with Gasteiger partial charge in [-0.15, -0.1) is 11.3 Å². The van der Waals surface area contributed by atoms with E-state index in [-0.39, 0.29) is 29.6 Å². The first-order chi connectivity index (χ1) is 8.42. The monoisotopic (exact) mass is 292 g/mol. The predicted molar refractivity (Wildman–Crippen MR) is 68.8 cm³/mol. The van der Waals surface area contributed by atoms with E-state index in [0.717, 1.165) is 11.3 Å². The van der Waals surface area contributed by atoms with E-state index in [1.807, 2.05) is 0 Å². The van der Waals surface area contributed by atoms with Gasteiger partial charge in [0.2, 0.25) is 15.9 Å². The Morgan fingerprint density at radius 3 is 2.83 bits per heavy atom. The van der Waals surface area contributed by atoms with E-state index in [4.69, 9.17) is 5.11 Å². The fraction of sp³-hybridized carbons (Fsp3) is 0.500. The molecule has 1 aromatic rings. The Bertz CT molecular complexity index is 468. The van der Waals surface area contributed by atoms with Crippen LogP contribution in [0.25, 0.3) is 0 Å². The zero-order valence-electron chi connectivity index (χ0n) is 9.92. The SMILES string of the molecule is C[C@@H](O)CNC(=O)CCNS(=O)(=O)c1cccs1. The van der Waals surface area contributed by atoms with Crippen molar-refractivity contribution in [2.24, 2.45) is 0 Å². The number of carbonyl (C=O) groups excluding carboxylic acids is 1. The number of nitrogens with one attached hydrogen (secondary N) is 2. The quantitative estimate of drug-likeness (QED) is 0.654. The van der Waals surface area contributed by atoms with Gasteiger partial charge < -0.3 is 10.4 Å². The molecular weight excluding hydrogens is 276 g/mol. The number of hydrogen-bond acceptors (Lipinski definition) is 5. The molecule has 1 amide bonds. The summed E-state index contributed by atoms with van der Waals surface area (Å²) in [5, 5.41) is 13.1. The second-order valence-electron chi connectivity index (χ2n) is 3.73. The minimum Gasteiger partial charge on any atom is -0.392 e. The van der Waals surface area contributed by atoms with Crippen molar-refractivity contribution >= 4 is 27.3 Å². The van der Waals surface area contributed by atoms with Crippen LogP contribution in [0.2, 0.25) is 0 Å². The number of aliphatic hydroxyl groups is 1. The lowest BCUT2D eigenvalue weighted by Gasteiger charge is -2.07. The van der Waals surface area contributed by atoms with Crippen LogP contribution in [0.5, 0.6) is 0 Å². The van der Waals surface area contributed by atoms with E-state index in [0.29, 0.717) is 0 Å². The molecule has 1 aromatic heterocycles. The topological polar surface area (TPSA) is 95.5 Å². The molecule has 0 bridgehead atoms. The molecule has 102 valence electrons. The summed E-state index contributed by atoms with van der Waals surface area (Å²) >= 11 is 1.12. The Hall–Kier alpha value is -0.960. The highest BCUT2D eigenvalue weighted by Crippen LogP contribution is 2.14. The summed E-state index contributed by atoms with van der Waals surface area (Å²) in [5.41, 5.74) is 0. The van der Waals surface area contributed by atoms with Gasteiger partial charge in [0.15, 0.2) is 0 Å². The van der Waals surface area contributed by atoms with Crippen molar-refractivity contribution in [3.63, 3.8) is 0 Å². The zero-order chi connectivity index (χ0) is 13.6. The van der Waals surface area contributed by atoms with Crippen molar-refractivity contribution in [2.75, 3.05) is 13.1 Å². The van der Waals surface area contributed by atoms with Crippen molar-refractivity contribution in [2.45, 2.75) is 23.7 Å². The van der Waals surface area contributed by atoms with Gasteiger partial charge in [0, 0.05) is 19.5 Å². The van der Waals surface area contributed by atoms with Crippen LogP contribution in [0.1, 0.15) is 13.3 Å². The highest BCUT2D eigenvalue weighted by atomic mass is 32.2. The van der Waals surface area contributed by atoms with Crippen LogP contribution >= 0.6 is 11.3 Å². The largest absolute Gasteiger partial charge is 0.392 e. The number of thiophene rings is 1. The molecule has 0 aliphatic rings. The van der Waals surface area contributed by atoms with Crippen LogP contribution in [-0.2, 0) is 14.8 Å². The molecule has 0 aromatic carbocycles. The maximum absolute atomic E-state index is 11.7. The highest BCUT2D eigenvalue weighted by molar-refractivity contribution is 7.91. The Labute approximate surface area is 110 Å². The Morgan fingerprint density at radius 1 is 1.56 bits per heavy atom. The van der Waals surface area contributed by atoms with Gasteiger partial charge in [-0.05, 0) is 18.4 Å². The van der Waals surface area contributed by atoms with Gasteiger partial charge in [0.1, 0.15) is 4.21 Å². The molecule has 1 heterocycles. The molecule has 8 heteroatoms. The normalized spacial score (nSPS) is 13.2. The number of hydrogen-bond donors (Lipinski definition) is 3. The summed E-state index contributed by atoms with van der Waals surface area (Å²) < 4.78 is 25.9. The third-order valence-electron chi connectivity index (χ3n) is 2.00. The minimum absolute atomic E-state index is 0.0336. The lowest BCUT2D eigenvalue weighted by atomic mass is 10.3. The van der Waals surface area contributed by atoms with Gasteiger partial charge in [0.05, 0.1) is 6.10 Å². The molecule has 6 nitrogen and oxygen atoms in total. The maximum Gasteiger partial charge on any atom is 0.250 e. The smallest absolute Gasteiger partial charge is 0.250 e. The fourth-order valence-corrected chi connectivity index (χ4v) is 3.21. The van der Waals surface area contributed by atoms with Crippen molar-refractivity contribution in [1.29, 1.82) is 0 Å². The molecule has 0 radical (unpaired) electrons. The zero-order valence-corrected chi connectivity index (χ0v) is 11.6. The van der Waals surface area contributed by atoms with Crippen LogP contribution in [0, 0.1) is 0 Å². The summed E-state index contributed by atoms with van der Waals surface area (Å²) in [5.74, 6) is -0.301. The molecule has 0 unspecified atom stereocenters. The first-order valence-electron chi connectivity index (χ1n) is 5.40. The standard InChI is InChI=1S/C10H16N2O4S2/c1-8(13)7-11-9(14)4-5-12-18(15,16)10-3-2-6-17-10/h2-3,6,8,12-13H,4-5,7H2,1H3,(H,11,14)/t8-/m1/s1. The Balaban J connectivity index is 2.32. The number of carbonyl (C=O) groups is 1. The summed E-state index contributed by atoms with van der Waals surface area (Å²) in [6.07, 6.45) is -0.575. The molecule has 0 saturated carbocycles. The van der Waals surface area contributed by atoms with Crippen LogP contribution < -0.4 is 10.0 Å². The maximum atomic E-state index is 11.7. The van der Waals surface area contributed by atoms with Gasteiger partial charge >= 0.3 is 0 Å². The van der Waals surface area contributed by atoms with Gasteiger partial charge in [0.25, 0.3) is 0 Å². The van der Waals surface area contributed by atoms with E-state index in [9.17, 15) is 13.2 Å². The van der Waals surface area contributed by atoms with Crippen molar-refractivity contribution in [3.05, 3.63) is 17.5 Å². The summed E-state index contributed by atoms with van der Waals surface area (Å²) in [6.45, 7) is 1.75. The number of amides is 1. The van der Waals surface area contributed by atoms with Gasteiger partial charge in [-0.2, -0.15) is 0 Å². The van der Waals surface area contributed by atoms with Crippen LogP contribution in [0.4, 0.5) is 0 Å². The lowest BCUT2D eigenvalue weighted by Crippen LogP contribution is -2.33. The molecule has 1 atom stereocenters. The molecule has 3 N–H and O–H groups in total. The Morgan fingerprint density at radius 2 is 2.28 bits per heavy atom. The van der Waals surface area contributed by atoms with Gasteiger partial charge in [-0.25, -0.2) is 13.1 Å². The molecule has 1 rings (SSSR count). The Kier molecular flexibility index (Phi) is 5.73. The average molecular weight is 292 g/mol. The molecule has 18 heavy (non-hydrogen) atoms. The third-order valence-corrected chi connectivity index (χ3v) is 4.86. The van der Waals surface area contributed by atoms with Gasteiger partial charge in [-0.3, -0.25) is 4.79 Å². The van der Waals surface area contributed by atoms with E-state index in [1.54, 1.807) is 18.4 Å². The summed E-state index contributed by atoms with van der Waals surface area (Å²) in [6, 6.07) is 3.15. The van der Waals surface area contributed by atoms with E-state index in [1.165, 1.54) is 6.07 Å². The molecular formula is C10H16N2O4S2. The third kappa shape index (κ3) is 5.13. The second kappa shape index (κ2) is 6.83. The first kappa shape index (κ1) is 15.1. The van der Waals surface area contributed by atoms with E-state index >= 15 is 0 Å². The van der Waals surface area contributed by atoms with Crippen LogP contribution in [-0.4, -0.2) is 38.6 Å². The molecule has 0 saturated heterocycles. The highest BCUT2D eigenvalue weighted by Gasteiger charge is 2.14. The van der Waals surface area contributed by atoms with Crippen molar-refractivity contribution in [3.8, 4) is 0 Å². The van der Waals surface area contributed by atoms with Gasteiger partial charge in [-0.1, -0.05) is 6.07 Å². The molecule has 0 fully saturated rings. The summed E-state index contributed by atoms with van der Waals surface area (Å²) in [7, 11) is -3.50. The second-order valence-corrected chi connectivity index (χ2v) is 6.67. The number of rotatable bonds is 7. The summed E-state index contributed by atoms with van der Waals surface area (Å²) in [4.78, 5) is 11.3. The van der Waals surface area contributed by atoms with Crippen molar-refractivity contribution in [1.82, 2.24) is 10.0 Å². The lowest BCUT2D eigenvalue weighted by molar-refractivity contribution is -0.121. The molecule has 0 aliphatic carbocycles. The van der Waals surface area contributed by atoms with E-state index in [2.05, 4.69) is 10.0 Å². The van der Waals surface area contributed by atoms with E-state index < -0.39 is 16.1 Å². The number of aliphatic hydroxyl groups excluding tert-OH is 1. The average Bonchev–Trinajstić information content (AvgIpc) is 2.80. The molecule has 0 spiro atoms. The predicted octanol–water partition coefficient (Wildman–Crippen LogP) is -0.0865. The van der Waals surface area contributed by atoms with Crippen LogP contribution in [0.15, 0.2) is 21.7 Å². The van der Waals surface area contributed by atoms with Crippen LogP contribution in [0.3, 0.4) is 0 Å².